The number of hydrogen-bond donors (Lipinski definition) is 2. The molecular weight excluding hydrogens is 225 g/mol. The first-order valence-electron chi connectivity index (χ1n) is 5.50. The Labute approximate surface area is 99.2 Å². The van der Waals surface area contributed by atoms with Crippen LogP contribution in [0.25, 0.3) is 0 Å². The molecule has 0 radical (unpaired) electrons. The summed E-state index contributed by atoms with van der Waals surface area (Å²) in [5.74, 6) is 2.05. The number of thioether (sulfide) groups is 1. The van der Waals surface area contributed by atoms with E-state index in [4.69, 9.17) is 0 Å². The molecule has 1 heterocycles. The first-order valence-corrected chi connectivity index (χ1v) is 6.66. The highest BCUT2D eigenvalue weighted by atomic mass is 32.2. The summed E-state index contributed by atoms with van der Waals surface area (Å²) < 4.78 is 12.7. The molecule has 0 amide bonds. The molecule has 2 rings (SSSR count). The van der Waals surface area contributed by atoms with Gasteiger partial charge >= 0.3 is 0 Å². The Morgan fingerprint density at radius 1 is 1.44 bits per heavy atom. The van der Waals surface area contributed by atoms with Gasteiger partial charge in [-0.1, -0.05) is 12.1 Å². The number of halogens is 1. The Morgan fingerprint density at radius 3 is 2.81 bits per heavy atom. The van der Waals surface area contributed by atoms with Gasteiger partial charge in [0.05, 0.1) is 6.10 Å². The van der Waals surface area contributed by atoms with E-state index in [2.05, 4.69) is 5.32 Å². The Balaban J connectivity index is 1.82. The van der Waals surface area contributed by atoms with Crippen molar-refractivity contribution in [2.24, 2.45) is 0 Å². The summed E-state index contributed by atoms with van der Waals surface area (Å²) in [4.78, 5) is 0. The number of rotatable bonds is 4. The molecule has 2 atom stereocenters. The zero-order valence-corrected chi connectivity index (χ0v) is 9.84. The van der Waals surface area contributed by atoms with E-state index >= 15 is 0 Å². The van der Waals surface area contributed by atoms with Crippen LogP contribution in [-0.4, -0.2) is 29.2 Å². The molecule has 1 aliphatic rings. The quantitative estimate of drug-likeness (QED) is 0.845. The van der Waals surface area contributed by atoms with Gasteiger partial charge < -0.3 is 10.4 Å². The molecule has 88 valence electrons. The summed E-state index contributed by atoms with van der Waals surface area (Å²) in [6, 6.07) is 6.53. The largest absolute Gasteiger partial charge is 0.387 e. The molecule has 0 aliphatic carbocycles. The monoisotopic (exact) mass is 241 g/mol. The molecule has 1 aromatic carbocycles. The lowest BCUT2D eigenvalue weighted by molar-refractivity contribution is 0.171. The average Bonchev–Trinajstić information content (AvgIpc) is 2.80. The van der Waals surface area contributed by atoms with E-state index in [1.807, 2.05) is 11.8 Å². The van der Waals surface area contributed by atoms with Crippen molar-refractivity contribution < 1.29 is 9.50 Å². The van der Waals surface area contributed by atoms with Crippen LogP contribution >= 0.6 is 11.8 Å². The lowest BCUT2D eigenvalue weighted by Gasteiger charge is -2.15. The van der Waals surface area contributed by atoms with Crippen LogP contribution in [0.4, 0.5) is 4.39 Å². The molecule has 0 bridgehead atoms. The minimum atomic E-state index is -0.550. The van der Waals surface area contributed by atoms with Gasteiger partial charge in [0.15, 0.2) is 0 Å². The third-order valence-electron chi connectivity index (χ3n) is 2.78. The van der Waals surface area contributed by atoms with Gasteiger partial charge in [0.2, 0.25) is 0 Å². The van der Waals surface area contributed by atoms with E-state index in [1.165, 1.54) is 24.3 Å². The molecule has 1 aliphatic heterocycles. The van der Waals surface area contributed by atoms with Crippen molar-refractivity contribution in [2.75, 3.05) is 18.1 Å². The van der Waals surface area contributed by atoms with E-state index in [-0.39, 0.29) is 5.82 Å². The summed E-state index contributed by atoms with van der Waals surface area (Å²) in [5, 5.41) is 13.2. The van der Waals surface area contributed by atoms with Crippen molar-refractivity contribution in [3.63, 3.8) is 0 Å². The lowest BCUT2D eigenvalue weighted by Crippen LogP contribution is -2.32. The fourth-order valence-electron chi connectivity index (χ4n) is 1.78. The Morgan fingerprint density at radius 2 is 2.19 bits per heavy atom. The molecular formula is C12H16FNOS. The van der Waals surface area contributed by atoms with Crippen molar-refractivity contribution >= 4 is 11.8 Å². The molecule has 0 saturated carbocycles. The van der Waals surface area contributed by atoms with Crippen LogP contribution in [0.2, 0.25) is 0 Å². The zero-order chi connectivity index (χ0) is 11.4. The highest BCUT2D eigenvalue weighted by molar-refractivity contribution is 7.99. The number of aliphatic hydroxyl groups is 1. The SMILES string of the molecule is OC(CNC1CCSC1)c1ccc(F)cc1. The lowest BCUT2D eigenvalue weighted by atomic mass is 10.1. The van der Waals surface area contributed by atoms with Gasteiger partial charge in [-0.2, -0.15) is 11.8 Å². The van der Waals surface area contributed by atoms with E-state index in [9.17, 15) is 9.50 Å². The second-order valence-electron chi connectivity index (χ2n) is 4.04. The minimum Gasteiger partial charge on any atom is -0.387 e. The molecule has 1 fully saturated rings. The van der Waals surface area contributed by atoms with Crippen LogP contribution < -0.4 is 5.32 Å². The molecule has 1 saturated heterocycles. The fraction of sp³-hybridized carbons (Fsp3) is 0.500. The van der Waals surface area contributed by atoms with Crippen LogP contribution in [-0.2, 0) is 0 Å². The van der Waals surface area contributed by atoms with Crippen molar-refractivity contribution in [1.29, 1.82) is 0 Å². The van der Waals surface area contributed by atoms with Crippen LogP contribution in [0.3, 0.4) is 0 Å². The molecule has 4 heteroatoms. The van der Waals surface area contributed by atoms with Crippen molar-refractivity contribution in [3.8, 4) is 0 Å². The number of hydrogen-bond acceptors (Lipinski definition) is 3. The van der Waals surface area contributed by atoms with Crippen LogP contribution in [0.15, 0.2) is 24.3 Å². The maximum absolute atomic E-state index is 12.7. The predicted octanol–water partition coefficient (Wildman–Crippen LogP) is 1.95. The fourth-order valence-corrected chi connectivity index (χ4v) is 2.96. The van der Waals surface area contributed by atoms with Gasteiger partial charge in [0, 0.05) is 18.3 Å². The van der Waals surface area contributed by atoms with Gasteiger partial charge in [-0.05, 0) is 29.9 Å². The van der Waals surface area contributed by atoms with Crippen LogP contribution in [0.5, 0.6) is 0 Å². The molecule has 0 spiro atoms. The van der Waals surface area contributed by atoms with Gasteiger partial charge in [-0.3, -0.25) is 0 Å². The Hall–Kier alpha value is -0.580. The third-order valence-corrected chi connectivity index (χ3v) is 3.95. The summed E-state index contributed by atoms with van der Waals surface area (Å²) in [5.41, 5.74) is 0.763. The summed E-state index contributed by atoms with van der Waals surface area (Å²) in [6.45, 7) is 0.539. The molecule has 1 aromatic rings. The van der Waals surface area contributed by atoms with Crippen LogP contribution in [0, 0.1) is 5.82 Å². The molecule has 16 heavy (non-hydrogen) atoms. The highest BCUT2D eigenvalue weighted by Gasteiger charge is 2.16. The normalized spacial score (nSPS) is 22.2. The Kier molecular flexibility index (Phi) is 4.21. The second kappa shape index (κ2) is 5.66. The van der Waals surface area contributed by atoms with Gasteiger partial charge in [-0.25, -0.2) is 4.39 Å². The third kappa shape index (κ3) is 3.20. The van der Waals surface area contributed by atoms with E-state index in [0.717, 1.165) is 11.3 Å². The maximum Gasteiger partial charge on any atom is 0.123 e. The Bertz CT molecular complexity index is 324. The number of aliphatic hydroxyl groups excluding tert-OH is 1. The van der Waals surface area contributed by atoms with E-state index in [0.29, 0.717) is 12.6 Å². The molecule has 2 N–H and O–H groups in total. The van der Waals surface area contributed by atoms with Gasteiger partial charge in [0.25, 0.3) is 0 Å². The average molecular weight is 241 g/mol. The van der Waals surface area contributed by atoms with E-state index in [1.54, 1.807) is 12.1 Å². The summed E-state index contributed by atoms with van der Waals surface area (Å²) in [7, 11) is 0. The highest BCUT2D eigenvalue weighted by Crippen LogP contribution is 2.18. The number of benzene rings is 1. The first-order chi connectivity index (χ1) is 7.75. The zero-order valence-electron chi connectivity index (χ0n) is 9.03. The topological polar surface area (TPSA) is 32.3 Å². The van der Waals surface area contributed by atoms with Gasteiger partial charge in [0.1, 0.15) is 5.82 Å². The summed E-state index contributed by atoms with van der Waals surface area (Å²) >= 11 is 1.94. The second-order valence-corrected chi connectivity index (χ2v) is 5.19. The molecule has 2 unspecified atom stereocenters. The van der Waals surface area contributed by atoms with Crippen molar-refractivity contribution in [3.05, 3.63) is 35.6 Å². The van der Waals surface area contributed by atoms with Crippen molar-refractivity contribution in [1.82, 2.24) is 5.32 Å². The first kappa shape index (κ1) is 11.9. The maximum atomic E-state index is 12.7. The smallest absolute Gasteiger partial charge is 0.123 e. The molecule has 0 aromatic heterocycles. The van der Waals surface area contributed by atoms with Crippen molar-refractivity contribution in [2.45, 2.75) is 18.6 Å². The standard InChI is InChI=1S/C12H16FNOS/c13-10-3-1-9(2-4-10)12(15)7-14-11-5-6-16-8-11/h1-4,11-12,14-15H,5-8H2. The van der Waals surface area contributed by atoms with E-state index < -0.39 is 6.10 Å². The number of nitrogens with one attached hydrogen (secondary N) is 1. The summed E-state index contributed by atoms with van der Waals surface area (Å²) in [6.07, 6.45) is 0.618. The van der Waals surface area contributed by atoms with Gasteiger partial charge in [-0.15, -0.1) is 0 Å². The van der Waals surface area contributed by atoms with Crippen LogP contribution in [0.1, 0.15) is 18.1 Å². The molecule has 2 nitrogen and oxygen atoms in total. The minimum absolute atomic E-state index is 0.267. The predicted molar refractivity (Wildman–Crippen MR) is 65.1 cm³/mol.